The van der Waals surface area contributed by atoms with Crippen molar-refractivity contribution < 1.29 is 4.79 Å². The molecule has 2 rings (SSSR count). The van der Waals surface area contributed by atoms with E-state index in [2.05, 4.69) is 17.1 Å². The Morgan fingerprint density at radius 3 is 2.87 bits per heavy atom. The molecule has 1 amide bonds. The van der Waals surface area contributed by atoms with Crippen LogP contribution in [0.15, 0.2) is 0 Å². The molecule has 4 heteroatoms. The van der Waals surface area contributed by atoms with Crippen LogP contribution in [0.1, 0.15) is 26.2 Å². The predicted octanol–water partition coefficient (Wildman–Crippen LogP) is 0.250. The van der Waals surface area contributed by atoms with Gasteiger partial charge in [0, 0.05) is 13.1 Å². The van der Waals surface area contributed by atoms with Crippen molar-refractivity contribution in [3.8, 4) is 0 Å². The number of nitrogens with zero attached hydrogens (tertiary/aromatic N) is 2. The van der Waals surface area contributed by atoms with E-state index in [4.69, 9.17) is 0 Å². The maximum Gasteiger partial charge on any atom is 0.238 e. The van der Waals surface area contributed by atoms with Crippen molar-refractivity contribution in [3.63, 3.8) is 0 Å². The molecule has 15 heavy (non-hydrogen) atoms. The lowest BCUT2D eigenvalue weighted by atomic mass is 10.1. The minimum Gasteiger partial charge on any atom is -0.325 e. The van der Waals surface area contributed by atoms with Crippen molar-refractivity contribution in [3.05, 3.63) is 0 Å². The summed E-state index contributed by atoms with van der Waals surface area (Å²) in [5.74, 6) is 0.294. The smallest absolute Gasteiger partial charge is 0.238 e. The average molecular weight is 211 g/mol. The Labute approximate surface area is 91.6 Å². The minimum atomic E-state index is 0.294. The van der Waals surface area contributed by atoms with E-state index in [1.807, 2.05) is 4.90 Å². The molecule has 0 spiro atoms. The maximum absolute atomic E-state index is 11.9. The lowest BCUT2D eigenvalue weighted by Gasteiger charge is -2.40. The molecule has 1 atom stereocenters. The first-order valence-electron chi connectivity index (χ1n) is 6.06. The summed E-state index contributed by atoms with van der Waals surface area (Å²) >= 11 is 0. The zero-order chi connectivity index (χ0) is 10.7. The molecule has 0 aromatic carbocycles. The van der Waals surface area contributed by atoms with Crippen LogP contribution >= 0.6 is 0 Å². The number of hydrogen-bond donors (Lipinski definition) is 1. The zero-order valence-corrected chi connectivity index (χ0v) is 9.54. The second-order valence-electron chi connectivity index (χ2n) is 4.42. The predicted molar refractivity (Wildman–Crippen MR) is 59.5 cm³/mol. The van der Waals surface area contributed by atoms with Gasteiger partial charge in [-0.2, -0.15) is 0 Å². The Hall–Kier alpha value is -0.610. The molecule has 1 N–H and O–H groups in total. The van der Waals surface area contributed by atoms with Crippen LogP contribution in [0.3, 0.4) is 0 Å². The topological polar surface area (TPSA) is 35.6 Å². The van der Waals surface area contributed by atoms with Gasteiger partial charge >= 0.3 is 0 Å². The van der Waals surface area contributed by atoms with E-state index in [-0.39, 0.29) is 0 Å². The van der Waals surface area contributed by atoms with Gasteiger partial charge in [0.1, 0.15) is 0 Å². The quantitative estimate of drug-likeness (QED) is 0.711. The van der Waals surface area contributed by atoms with Crippen LogP contribution in [-0.4, -0.2) is 54.6 Å². The molecule has 0 saturated carbocycles. The molecular weight excluding hydrogens is 190 g/mol. The first kappa shape index (κ1) is 10.9. The highest BCUT2D eigenvalue weighted by molar-refractivity contribution is 5.79. The van der Waals surface area contributed by atoms with Crippen LogP contribution in [0.2, 0.25) is 0 Å². The molecular formula is C11H21N3O. The molecule has 0 radical (unpaired) electrons. The van der Waals surface area contributed by atoms with Gasteiger partial charge in [0.25, 0.3) is 0 Å². The normalized spacial score (nSPS) is 29.5. The Kier molecular flexibility index (Phi) is 3.59. The van der Waals surface area contributed by atoms with E-state index in [0.29, 0.717) is 18.6 Å². The van der Waals surface area contributed by atoms with Gasteiger partial charge in [-0.05, 0) is 32.4 Å². The fraction of sp³-hybridized carbons (Fsp3) is 0.909. The molecule has 4 nitrogen and oxygen atoms in total. The van der Waals surface area contributed by atoms with Crippen molar-refractivity contribution in [2.24, 2.45) is 0 Å². The summed E-state index contributed by atoms with van der Waals surface area (Å²) in [5, 5.41) is 3.44. The maximum atomic E-state index is 11.9. The first-order valence-corrected chi connectivity index (χ1v) is 6.06. The summed E-state index contributed by atoms with van der Waals surface area (Å²) in [4.78, 5) is 16.2. The van der Waals surface area contributed by atoms with Crippen LogP contribution in [0.4, 0.5) is 0 Å². The fourth-order valence-corrected chi connectivity index (χ4v) is 2.43. The van der Waals surface area contributed by atoms with Crippen LogP contribution in [-0.2, 0) is 4.79 Å². The molecule has 86 valence electrons. The summed E-state index contributed by atoms with van der Waals surface area (Å²) < 4.78 is 0. The number of hydrogen-bond acceptors (Lipinski definition) is 3. The van der Waals surface area contributed by atoms with Crippen molar-refractivity contribution in [1.82, 2.24) is 15.1 Å². The van der Waals surface area contributed by atoms with Crippen molar-refractivity contribution in [2.45, 2.75) is 32.4 Å². The lowest BCUT2D eigenvalue weighted by Crippen LogP contribution is -2.58. The first-order chi connectivity index (χ1) is 7.31. The number of amides is 1. The molecule has 1 unspecified atom stereocenters. The number of piperidine rings is 1. The largest absolute Gasteiger partial charge is 0.325 e. The molecule has 2 fully saturated rings. The van der Waals surface area contributed by atoms with Gasteiger partial charge in [-0.1, -0.05) is 6.92 Å². The molecule has 0 aromatic heterocycles. The van der Waals surface area contributed by atoms with Crippen LogP contribution < -0.4 is 5.32 Å². The average Bonchev–Trinajstić information content (AvgIpc) is 2.30. The SMILES string of the molecule is CCN1CCN(C2CCCCN2)C(=O)C1. The van der Waals surface area contributed by atoms with Crippen molar-refractivity contribution in [1.29, 1.82) is 0 Å². The third kappa shape index (κ3) is 2.49. The van der Waals surface area contributed by atoms with Crippen molar-refractivity contribution >= 4 is 5.91 Å². The monoisotopic (exact) mass is 211 g/mol. The number of piperazine rings is 1. The standard InChI is InChI=1S/C11H21N3O/c1-2-13-7-8-14(11(15)9-13)10-5-3-4-6-12-10/h10,12H,2-9H2,1H3. The molecule has 0 bridgehead atoms. The second-order valence-corrected chi connectivity index (χ2v) is 4.42. The van der Waals surface area contributed by atoms with E-state index < -0.39 is 0 Å². The molecule has 2 heterocycles. The van der Waals surface area contributed by atoms with Crippen LogP contribution in [0.25, 0.3) is 0 Å². The van der Waals surface area contributed by atoms with E-state index in [0.717, 1.165) is 32.6 Å². The highest BCUT2D eigenvalue weighted by atomic mass is 16.2. The molecule has 2 aliphatic rings. The number of likely N-dealkylation sites (N-methyl/N-ethyl adjacent to an activating group) is 1. The summed E-state index contributed by atoms with van der Waals surface area (Å²) in [5.41, 5.74) is 0. The number of carbonyl (C=O) groups is 1. The third-order valence-electron chi connectivity index (χ3n) is 3.44. The highest BCUT2D eigenvalue weighted by Crippen LogP contribution is 2.14. The summed E-state index contributed by atoms with van der Waals surface area (Å²) in [6, 6.07) is 0. The second kappa shape index (κ2) is 4.94. The Morgan fingerprint density at radius 2 is 2.27 bits per heavy atom. The van der Waals surface area contributed by atoms with Gasteiger partial charge in [0.2, 0.25) is 5.91 Å². The van der Waals surface area contributed by atoms with Gasteiger partial charge in [0.15, 0.2) is 0 Å². The molecule has 0 aliphatic carbocycles. The van der Waals surface area contributed by atoms with Crippen LogP contribution in [0, 0.1) is 0 Å². The summed E-state index contributed by atoms with van der Waals surface area (Å²) in [6.07, 6.45) is 3.93. The van der Waals surface area contributed by atoms with E-state index >= 15 is 0 Å². The third-order valence-corrected chi connectivity index (χ3v) is 3.44. The van der Waals surface area contributed by atoms with Gasteiger partial charge in [-0.15, -0.1) is 0 Å². The van der Waals surface area contributed by atoms with Gasteiger partial charge < -0.3 is 4.90 Å². The van der Waals surface area contributed by atoms with E-state index in [1.165, 1.54) is 12.8 Å². The Bertz CT molecular complexity index is 226. The fourth-order valence-electron chi connectivity index (χ4n) is 2.43. The number of carbonyl (C=O) groups excluding carboxylic acids is 1. The number of nitrogens with one attached hydrogen (secondary N) is 1. The minimum absolute atomic E-state index is 0.294. The zero-order valence-electron chi connectivity index (χ0n) is 9.54. The summed E-state index contributed by atoms with van der Waals surface area (Å²) in [6.45, 7) is 6.69. The highest BCUT2D eigenvalue weighted by Gasteiger charge is 2.29. The lowest BCUT2D eigenvalue weighted by molar-refractivity contribution is -0.140. The molecule has 2 saturated heterocycles. The molecule has 0 aromatic rings. The summed E-state index contributed by atoms with van der Waals surface area (Å²) in [7, 11) is 0. The van der Waals surface area contributed by atoms with Crippen LogP contribution in [0.5, 0.6) is 0 Å². The Balaban J connectivity index is 1.90. The van der Waals surface area contributed by atoms with E-state index in [9.17, 15) is 4.79 Å². The number of rotatable bonds is 2. The van der Waals surface area contributed by atoms with Gasteiger partial charge in [-0.25, -0.2) is 0 Å². The Morgan fingerprint density at radius 1 is 1.40 bits per heavy atom. The van der Waals surface area contributed by atoms with Gasteiger partial charge in [0.05, 0.1) is 12.7 Å². The van der Waals surface area contributed by atoms with Gasteiger partial charge in [-0.3, -0.25) is 15.0 Å². The van der Waals surface area contributed by atoms with E-state index in [1.54, 1.807) is 0 Å². The van der Waals surface area contributed by atoms with Crippen molar-refractivity contribution in [2.75, 3.05) is 32.7 Å². The molecule has 2 aliphatic heterocycles.